The molecule has 0 atom stereocenters. The van der Waals surface area contributed by atoms with Gasteiger partial charge in [0.2, 0.25) is 0 Å². The van der Waals surface area contributed by atoms with Crippen molar-refractivity contribution in [2.24, 2.45) is 0 Å². The van der Waals surface area contributed by atoms with E-state index in [-0.39, 0.29) is 10.2 Å². The maximum Gasteiger partial charge on any atom is 0.500 e. The first kappa shape index (κ1) is 34.0. The number of unbranched alkanes of at least 4 members (excludes halogenated alkanes) is 8. The molecule has 0 aliphatic heterocycles. The summed E-state index contributed by atoms with van der Waals surface area (Å²) in [6.07, 6.45) is 13.6. The highest BCUT2D eigenvalue weighted by Crippen LogP contribution is 2.18. The lowest BCUT2D eigenvalue weighted by molar-refractivity contribution is -0.113. The van der Waals surface area contributed by atoms with Gasteiger partial charge < -0.3 is 13.3 Å². The molecule has 192 valence electrons. The Balaban J connectivity index is 0. The Morgan fingerprint density at radius 3 is 1.25 bits per heavy atom. The maximum absolute atomic E-state index is 11.6. The quantitative estimate of drug-likeness (QED) is 0.127. The van der Waals surface area contributed by atoms with Crippen molar-refractivity contribution in [3.05, 3.63) is 0 Å². The standard InChI is InChI=1S/C16H30O2S.C9H22O3Si/c1-3-5-7-9-11-13-15(17)19-16(18)14-12-10-8-6-4-2;1-5-9-13(10-6-2,11-7-3)12-8-4/h3-14H2,1-2H3;5-9H2,1-4H3. The first-order valence-electron chi connectivity index (χ1n) is 13.1. The van der Waals surface area contributed by atoms with Crippen LogP contribution < -0.4 is 0 Å². The molecule has 0 aliphatic rings. The van der Waals surface area contributed by atoms with Gasteiger partial charge in [-0.1, -0.05) is 78.6 Å². The fraction of sp³-hybridized carbons (Fsp3) is 0.920. The summed E-state index contributed by atoms with van der Waals surface area (Å²) < 4.78 is 16.9. The number of thioether (sulfide) groups is 1. The summed E-state index contributed by atoms with van der Waals surface area (Å²) >= 11 is 0.949. The van der Waals surface area contributed by atoms with Gasteiger partial charge in [-0.25, -0.2) is 0 Å². The van der Waals surface area contributed by atoms with Crippen molar-refractivity contribution in [1.82, 2.24) is 0 Å². The summed E-state index contributed by atoms with van der Waals surface area (Å²) in [5, 5.41) is 0.130. The minimum absolute atomic E-state index is 0.0649. The molecule has 0 bridgehead atoms. The van der Waals surface area contributed by atoms with E-state index in [9.17, 15) is 9.59 Å². The Labute approximate surface area is 204 Å². The number of hydrogen-bond acceptors (Lipinski definition) is 6. The van der Waals surface area contributed by atoms with Crippen LogP contribution in [0.5, 0.6) is 0 Å². The van der Waals surface area contributed by atoms with Crippen molar-refractivity contribution in [3.63, 3.8) is 0 Å². The van der Waals surface area contributed by atoms with E-state index in [1.165, 1.54) is 38.5 Å². The van der Waals surface area contributed by atoms with Gasteiger partial charge in [0.05, 0.1) is 0 Å². The highest BCUT2D eigenvalue weighted by Gasteiger charge is 2.38. The zero-order chi connectivity index (χ0) is 24.5. The van der Waals surface area contributed by atoms with Crippen molar-refractivity contribution in [2.45, 2.75) is 131 Å². The molecule has 0 radical (unpaired) electrons. The molecule has 0 aliphatic carbocycles. The first-order valence-corrected chi connectivity index (χ1v) is 15.8. The molecule has 5 nitrogen and oxygen atoms in total. The summed E-state index contributed by atoms with van der Waals surface area (Å²) in [6, 6.07) is 0.919. The van der Waals surface area contributed by atoms with Gasteiger partial charge in [0, 0.05) is 38.7 Å². The molecular formula is C25H52O5SSi. The van der Waals surface area contributed by atoms with Crippen molar-refractivity contribution < 1.29 is 22.9 Å². The lowest BCUT2D eigenvalue weighted by Crippen LogP contribution is -2.45. The van der Waals surface area contributed by atoms with E-state index in [2.05, 4.69) is 20.8 Å². The van der Waals surface area contributed by atoms with Crippen molar-refractivity contribution in [1.29, 1.82) is 0 Å². The van der Waals surface area contributed by atoms with Crippen LogP contribution in [0, 0.1) is 0 Å². The van der Waals surface area contributed by atoms with Gasteiger partial charge >= 0.3 is 8.80 Å². The molecule has 0 spiro atoms. The normalized spacial score (nSPS) is 11.2. The second-order valence-electron chi connectivity index (χ2n) is 7.91. The average Bonchev–Trinajstić information content (AvgIpc) is 2.74. The van der Waals surface area contributed by atoms with Gasteiger partial charge in [-0.05, 0) is 45.4 Å². The van der Waals surface area contributed by atoms with E-state index in [1.54, 1.807) is 0 Å². The molecule has 0 aromatic heterocycles. The minimum Gasteiger partial charge on any atom is -0.374 e. The largest absolute Gasteiger partial charge is 0.500 e. The third-order valence-electron chi connectivity index (χ3n) is 4.85. The van der Waals surface area contributed by atoms with Crippen LogP contribution in [0.2, 0.25) is 6.04 Å². The number of hydrogen-bond donors (Lipinski definition) is 0. The lowest BCUT2D eigenvalue weighted by atomic mass is 10.1. The molecule has 32 heavy (non-hydrogen) atoms. The predicted molar refractivity (Wildman–Crippen MR) is 140 cm³/mol. The Morgan fingerprint density at radius 2 is 0.938 bits per heavy atom. The smallest absolute Gasteiger partial charge is 0.374 e. The fourth-order valence-corrected chi connectivity index (χ4v) is 6.64. The van der Waals surface area contributed by atoms with Crippen LogP contribution in [0.25, 0.3) is 0 Å². The Bertz CT molecular complexity index is 381. The molecule has 0 saturated heterocycles. The first-order chi connectivity index (χ1) is 15.4. The van der Waals surface area contributed by atoms with E-state index in [0.717, 1.165) is 49.9 Å². The minimum atomic E-state index is -2.30. The Kier molecular flexibility index (Phi) is 27.0. The maximum atomic E-state index is 11.6. The molecule has 0 N–H and O–H groups in total. The van der Waals surface area contributed by atoms with E-state index < -0.39 is 8.80 Å². The molecule has 0 aromatic carbocycles. The van der Waals surface area contributed by atoms with Crippen molar-refractivity contribution in [3.8, 4) is 0 Å². The van der Waals surface area contributed by atoms with Gasteiger partial charge in [-0.15, -0.1) is 0 Å². The Morgan fingerprint density at radius 1 is 0.562 bits per heavy atom. The third-order valence-corrected chi connectivity index (χ3v) is 9.01. The summed E-state index contributed by atoms with van der Waals surface area (Å²) in [5.41, 5.74) is 0. The van der Waals surface area contributed by atoms with Crippen LogP contribution in [0.4, 0.5) is 0 Å². The summed E-state index contributed by atoms with van der Waals surface area (Å²) in [5.74, 6) is 0. The monoisotopic (exact) mass is 492 g/mol. The molecule has 0 fully saturated rings. The number of rotatable bonds is 20. The summed E-state index contributed by atoms with van der Waals surface area (Å²) in [6.45, 7) is 14.4. The van der Waals surface area contributed by atoms with E-state index in [1.807, 2.05) is 20.8 Å². The fourth-order valence-electron chi connectivity index (χ4n) is 3.28. The highest BCUT2D eigenvalue weighted by molar-refractivity contribution is 8.26. The van der Waals surface area contributed by atoms with Gasteiger partial charge in [0.15, 0.2) is 10.2 Å². The number of carbonyl (C=O) groups is 2. The Hall–Kier alpha value is -0.213. The molecule has 0 amide bonds. The molecule has 0 rings (SSSR count). The number of carbonyl (C=O) groups excluding carboxylic acids is 2. The van der Waals surface area contributed by atoms with Gasteiger partial charge in [-0.2, -0.15) is 0 Å². The summed E-state index contributed by atoms with van der Waals surface area (Å²) in [4.78, 5) is 23.1. The second kappa shape index (κ2) is 25.4. The van der Waals surface area contributed by atoms with Crippen LogP contribution >= 0.6 is 11.8 Å². The topological polar surface area (TPSA) is 61.8 Å². The SMILES string of the molecule is CCCCCCCC(=O)SC(=O)CCCCCCC.CCC[Si](OCC)(OCC)OCC. The zero-order valence-electron chi connectivity index (χ0n) is 22.0. The molecule has 0 unspecified atom stereocenters. The van der Waals surface area contributed by atoms with Gasteiger partial charge in [0.1, 0.15) is 0 Å². The van der Waals surface area contributed by atoms with Crippen LogP contribution in [0.15, 0.2) is 0 Å². The van der Waals surface area contributed by atoms with E-state index >= 15 is 0 Å². The predicted octanol–water partition coefficient (Wildman–Crippen LogP) is 7.94. The summed E-state index contributed by atoms with van der Waals surface area (Å²) in [7, 11) is -2.30. The van der Waals surface area contributed by atoms with Gasteiger partial charge in [-0.3, -0.25) is 9.59 Å². The van der Waals surface area contributed by atoms with Gasteiger partial charge in [0.25, 0.3) is 0 Å². The average molecular weight is 493 g/mol. The van der Waals surface area contributed by atoms with Crippen LogP contribution in [-0.2, 0) is 22.9 Å². The van der Waals surface area contributed by atoms with E-state index in [4.69, 9.17) is 13.3 Å². The van der Waals surface area contributed by atoms with Crippen LogP contribution in [0.1, 0.15) is 125 Å². The highest BCUT2D eigenvalue weighted by atomic mass is 32.2. The molecule has 0 heterocycles. The molecule has 0 aromatic rings. The zero-order valence-corrected chi connectivity index (χ0v) is 23.8. The molecular weight excluding hydrogens is 440 g/mol. The molecule has 0 saturated carbocycles. The third kappa shape index (κ3) is 21.6. The second-order valence-corrected chi connectivity index (χ2v) is 11.8. The lowest BCUT2D eigenvalue weighted by Gasteiger charge is -2.27. The van der Waals surface area contributed by atoms with Crippen molar-refractivity contribution >= 4 is 30.8 Å². The van der Waals surface area contributed by atoms with Crippen molar-refractivity contribution in [2.75, 3.05) is 19.8 Å². The van der Waals surface area contributed by atoms with Crippen LogP contribution in [0.3, 0.4) is 0 Å². The molecule has 7 heteroatoms. The van der Waals surface area contributed by atoms with E-state index in [0.29, 0.717) is 32.7 Å². The van der Waals surface area contributed by atoms with Crippen LogP contribution in [-0.4, -0.2) is 38.9 Å².